The third kappa shape index (κ3) is 2.89. The molecule has 2 aromatic carbocycles. The van der Waals surface area contributed by atoms with Crippen LogP contribution in [0.4, 0.5) is 0 Å². The van der Waals surface area contributed by atoms with Crippen LogP contribution in [0.3, 0.4) is 0 Å². The Morgan fingerprint density at radius 1 is 1.17 bits per heavy atom. The van der Waals surface area contributed by atoms with E-state index < -0.39 is 11.0 Å². The Morgan fingerprint density at radius 2 is 1.94 bits per heavy atom. The van der Waals surface area contributed by atoms with Crippen molar-refractivity contribution in [1.29, 1.82) is 0 Å². The van der Waals surface area contributed by atoms with Crippen molar-refractivity contribution in [1.82, 2.24) is 9.80 Å². The first-order valence-electron chi connectivity index (χ1n) is 13.6. The third-order valence-corrected chi connectivity index (χ3v) is 10.2. The molecule has 0 aromatic heterocycles. The van der Waals surface area contributed by atoms with E-state index in [1.165, 1.54) is 18.4 Å². The van der Waals surface area contributed by atoms with E-state index in [9.17, 15) is 15.0 Å². The van der Waals surface area contributed by atoms with Gasteiger partial charge in [0.1, 0.15) is 6.10 Å². The Balaban J connectivity index is 1.29. The number of phenols is 1. The molecule has 3 aliphatic carbocycles. The van der Waals surface area contributed by atoms with Gasteiger partial charge >= 0.3 is 0 Å². The van der Waals surface area contributed by atoms with Crippen LogP contribution in [0.2, 0.25) is 0 Å². The fourth-order valence-corrected chi connectivity index (χ4v) is 8.21. The monoisotopic (exact) mass is 488 g/mol. The summed E-state index contributed by atoms with van der Waals surface area (Å²) in [5, 5.41) is 23.5. The van der Waals surface area contributed by atoms with E-state index in [2.05, 4.69) is 4.90 Å². The molecule has 2 unspecified atom stereocenters. The first kappa shape index (κ1) is 22.6. The molecule has 6 heteroatoms. The van der Waals surface area contributed by atoms with Gasteiger partial charge in [-0.1, -0.05) is 36.4 Å². The molecule has 2 aliphatic heterocycles. The lowest BCUT2D eigenvalue weighted by atomic mass is 9.48. The van der Waals surface area contributed by atoms with Crippen molar-refractivity contribution in [3.8, 4) is 11.5 Å². The van der Waals surface area contributed by atoms with Crippen LogP contribution >= 0.6 is 0 Å². The zero-order valence-corrected chi connectivity index (χ0v) is 21.2. The number of rotatable bonds is 5. The second-order valence-corrected chi connectivity index (χ2v) is 12.0. The Hall–Kier alpha value is -2.57. The molecule has 5 aliphatic rings. The summed E-state index contributed by atoms with van der Waals surface area (Å²) in [6.45, 7) is 3.95. The van der Waals surface area contributed by atoms with Crippen LogP contribution < -0.4 is 4.74 Å². The highest BCUT2D eigenvalue weighted by molar-refractivity contribution is 5.83. The van der Waals surface area contributed by atoms with Gasteiger partial charge in [-0.15, -0.1) is 0 Å². The average Bonchev–Trinajstić information content (AvgIpc) is 3.63. The van der Waals surface area contributed by atoms with Gasteiger partial charge in [0, 0.05) is 25.2 Å². The molecule has 190 valence electrons. The molecule has 1 amide bonds. The largest absolute Gasteiger partial charge is 0.504 e. The number of hydrogen-bond acceptors (Lipinski definition) is 5. The number of piperidine rings is 1. The minimum Gasteiger partial charge on any atom is -0.504 e. The number of likely N-dealkylation sites (tertiary alicyclic amines) is 1. The summed E-state index contributed by atoms with van der Waals surface area (Å²) < 4.78 is 6.65. The fraction of sp³-hybridized carbons (Fsp3) is 0.567. The molecule has 2 bridgehead atoms. The highest BCUT2D eigenvalue weighted by Crippen LogP contribution is 2.66. The van der Waals surface area contributed by atoms with Crippen LogP contribution in [0.5, 0.6) is 11.5 Å². The minimum atomic E-state index is -0.928. The van der Waals surface area contributed by atoms with E-state index >= 15 is 0 Å². The summed E-state index contributed by atoms with van der Waals surface area (Å²) in [7, 11) is 1.89. The van der Waals surface area contributed by atoms with E-state index in [0.717, 1.165) is 43.0 Å². The SMILES string of the molecule is C[C@@H](C(=O)N(C)C1CC[C@@]2(O)[C@H]3Cc4ccc(O)c5c4[C@@]2(CCN3CC2CC2)C1O5)c1ccccc1. The second-order valence-electron chi connectivity index (χ2n) is 12.0. The highest BCUT2D eigenvalue weighted by atomic mass is 16.5. The number of likely N-dealkylation sites (N-methyl/N-ethyl adjacent to an activating group) is 1. The average molecular weight is 489 g/mol. The Morgan fingerprint density at radius 3 is 2.69 bits per heavy atom. The van der Waals surface area contributed by atoms with Gasteiger partial charge in [0.15, 0.2) is 11.5 Å². The molecule has 2 saturated carbocycles. The molecule has 6 nitrogen and oxygen atoms in total. The number of phenolic OH excluding ortho intramolecular Hbond substituents is 1. The summed E-state index contributed by atoms with van der Waals surface area (Å²) in [6.07, 6.45) is 5.10. The van der Waals surface area contributed by atoms with Gasteiger partial charge in [-0.05, 0) is 75.1 Å². The Bertz CT molecular complexity index is 1210. The molecule has 7 rings (SSSR count). The maximum atomic E-state index is 13.7. The number of ether oxygens (including phenoxy) is 1. The predicted octanol–water partition coefficient (Wildman–Crippen LogP) is 3.59. The molecule has 2 heterocycles. The van der Waals surface area contributed by atoms with Crippen molar-refractivity contribution in [2.75, 3.05) is 20.1 Å². The number of aromatic hydroxyl groups is 1. The van der Waals surface area contributed by atoms with Gasteiger partial charge in [0.25, 0.3) is 0 Å². The van der Waals surface area contributed by atoms with Crippen molar-refractivity contribution in [2.45, 2.75) is 80.6 Å². The lowest BCUT2D eigenvalue weighted by molar-refractivity contribution is -0.200. The molecule has 1 saturated heterocycles. The van der Waals surface area contributed by atoms with Gasteiger partial charge in [-0.25, -0.2) is 0 Å². The number of benzene rings is 2. The van der Waals surface area contributed by atoms with Crippen molar-refractivity contribution in [2.24, 2.45) is 5.92 Å². The van der Waals surface area contributed by atoms with E-state index in [0.29, 0.717) is 18.6 Å². The van der Waals surface area contributed by atoms with Crippen molar-refractivity contribution in [3.63, 3.8) is 0 Å². The Kier molecular flexibility index (Phi) is 4.85. The fourth-order valence-electron chi connectivity index (χ4n) is 8.21. The van der Waals surface area contributed by atoms with Crippen molar-refractivity contribution >= 4 is 5.91 Å². The maximum Gasteiger partial charge on any atom is 0.229 e. The zero-order valence-electron chi connectivity index (χ0n) is 21.2. The molecular formula is C30H36N2O4. The van der Waals surface area contributed by atoms with Crippen molar-refractivity contribution in [3.05, 3.63) is 59.2 Å². The van der Waals surface area contributed by atoms with Gasteiger partial charge in [-0.3, -0.25) is 9.69 Å². The lowest BCUT2D eigenvalue weighted by Gasteiger charge is -2.64. The van der Waals surface area contributed by atoms with E-state index in [1.54, 1.807) is 6.07 Å². The van der Waals surface area contributed by atoms with E-state index in [4.69, 9.17) is 4.74 Å². The van der Waals surface area contributed by atoms with Crippen LogP contribution in [0.15, 0.2) is 42.5 Å². The zero-order chi connectivity index (χ0) is 24.8. The van der Waals surface area contributed by atoms with E-state index in [1.807, 2.05) is 55.3 Å². The smallest absolute Gasteiger partial charge is 0.229 e. The van der Waals surface area contributed by atoms with Gasteiger partial charge < -0.3 is 19.8 Å². The molecule has 6 atom stereocenters. The summed E-state index contributed by atoms with van der Waals surface area (Å²) in [6, 6.07) is 13.6. The number of aliphatic hydroxyl groups is 1. The van der Waals surface area contributed by atoms with Crippen LogP contribution in [0.1, 0.15) is 61.6 Å². The number of carbonyl (C=O) groups excluding carboxylic acids is 1. The van der Waals surface area contributed by atoms with Crippen molar-refractivity contribution < 1.29 is 19.7 Å². The lowest BCUT2D eigenvalue weighted by Crippen LogP contribution is -2.78. The highest BCUT2D eigenvalue weighted by Gasteiger charge is 2.73. The topological polar surface area (TPSA) is 73.2 Å². The molecule has 1 spiro atoms. The van der Waals surface area contributed by atoms with Crippen LogP contribution in [0.25, 0.3) is 0 Å². The number of carbonyl (C=O) groups is 1. The quantitative estimate of drug-likeness (QED) is 0.673. The summed E-state index contributed by atoms with van der Waals surface area (Å²) >= 11 is 0. The van der Waals surface area contributed by atoms with Gasteiger partial charge in [0.2, 0.25) is 5.91 Å². The van der Waals surface area contributed by atoms with Gasteiger partial charge in [-0.2, -0.15) is 0 Å². The molecule has 0 radical (unpaired) electrons. The summed E-state index contributed by atoms with van der Waals surface area (Å²) in [5.74, 6) is 1.24. The van der Waals surface area contributed by atoms with Crippen LogP contribution in [-0.4, -0.2) is 69.8 Å². The Labute approximate surface area is 212 Å². The molecule has 2 aromatic rings. The minimum absolute atomic E-state index is 0.0474. The molecular weight excluding hydrogens is 452 g/mol. The second kappa shape index (κ2) is 7.72. The number of hydrogen-bond donors (Lipinski definition) is 2. The normalized spacial score (nSPS) is 35.0. The van der Waals surface area contributed by atoms with Crippen LogP contribution in [-0.2, 0) is 16.6 Å². The molecule has 3 fully saturated rings. The van der Waals surface area contributed by atoms with Gasteiger partial charge in [0.05, 0.1) is 23.0 Å². The number of nitrogens with zero attached hydrogens (tertiary/aromatic N) is 2. The predicted molar refractivity (Wildman–Crippen MR) is 136 cm³/mol. The first-order chi connectivity index (χ1) is 17.3. The summed E-state index contributed by atoms with van der Waals surface area (Å²) in [5.41, 5.74) is 1.67. The molecule has 36 heavy (non-hydrogen) atoms. The molecule has 2 N–H and O–H groups in total. The maximum absolute atomic E-state index is 13.7. The number of amides is 1. The third-order valence-electron chi connectivity index (χ3n) is 10.2. The standard InChI is InChI=1S/C30H36N2O4/c1-18(20-6-4-3-5-7-20)28(34)31(2)22-12-13-30(35)24-16-21-10-11-23(33)26-25(21)29(30,27(22)36-26)14-15-32(24)17-19-8-9-19/h3-7,10-11,18-19,22,24,27,33,35H,8-9,12-17H2,1-2H3/t18-,22?,24-,27?,29+,30-/m1/s1. The van der Waals surface area contributed by atoms with Crippen LogP contribution in [0, 0.1) is 5.92 Å². The first-order valence-corrected chi connectivity index (χ1v) is 13.6. The van der Waals surface area contributed by atoms with E-state index in [-0.39, 0.29) is 35.8 Å². The summed E-state index contributed by atoms with van der Waals surface area (Å²) in [4.78, 5) is 18.1.